The lowest BCUT2D eigenvalue weighted by Gasteiger charge is -2.20. The summed E-state index contributed by atoms with van der Waals surface area (Å²) in [5.74, 6) is -4.05. The molecule has 0 fully saturated rings. The Kier molecular flexibility index (Phi) is 3.55. The van der Waals surface area contributed by atoms with E-state index >= 15 is 0 Å². The predicted molar refractivity (Wildman–Crippen MR) is 42.1 cm³/mol. The molecule has 1 atom stereocenters. The summed E-state index contributed by atoms with van der Waals surface area (Å²) in [4.78, 5) is 31.4. The quantitative estimate of drug-likeness (QED) is 0.481. The summed E-state index contributed by atoms with van der Waals surface area (Å²) in [7, 11) is 0. The number of hydrogen-bond donors (Lipinski definition) is 3. The highest BCUT2D eigenvalue weighted by Crippen LogP contribution is 2.20. The average Bonchev–Trinajstić information content (AvgIpc) is 2.03. The van der Waals surface area contributed by atoms with Crippen molar-refractivity contribution in [2.45, 2.75) is 13.3 Å². The molecule has 0 saturated heterocycles. The van der Waals surface area contributed by atoms with Crippen molar-refractivity contribution in [3.63, 3.8) is 0 Å². The Hall–Kier alpha value is -1.43. The summed E-state index contributed by atoms with van der Waals surface area (Å²) < 4.78 is 0. The lowest BCUT2D eigenvalue weighted by atomic mass is 9.85. The third-order valence-corrected chi connectivity index (χ3v) is 1.76. The Morgan fingerprint density at radius 3 is 2.00 bits per heavy atom. The molecule has 0 aliphatic rings. The highest BCUT2D eigenvalue weighted by atomic mass is 16.4. The fourth-order valence-corrected chi connectivity index (χ4v) is 0.665. The molecule has 0 amide bonds. The van der Waals surface area contributed by atoms with Crippen molar-refractivity contribution in [1.29, 1.82) is 0 Å². The molecule has 0 bridgehead atoms. The Morgan fingerprint density at radius 1 is 1.31 bits per heavy atom. The zero-order valence-electron chi connectivity index (χ0n) is 7.11. The molecule has 0 aromatic heterocycles. The second kappa shape index (κ2) is 3.99. The van der Waals surface area contributed by atoms with E-state index in [1.165, 1.54) is 6.92 Å². The first-order valence-corrected chi connectivity index (χ1v) is 3.53. The van der Waals surface area contributed by atoms with Gasteiger partial charge in [0, 0.05) is 13.0 Å². The van der Waals surface area contributed by atoms with E-state index in [-0.39, 0.29) is 6.54 Å². The second-order valence-corrected chi connectivity index (χ2v) is 2.98. The van der Waals surface area contributed by atoms with E-state index in [2.05, 4.69) is 0 Å². The van der Waals surface area contributed by atoms with Gasteiger partial charge in [-0.15, -0.1) is 0 Å². The Bertz CT molecular complexity index is 249. The van der Waals surface area contributed by atoms with Gasteiger partial charge in [0.15, 0.2) is 0 Å². The molecule has 0 aliphatic heterocycles. The van der Waals surface area contributed by atoms with Crippen molar-refractivity contribution in [3.8, 4) is 0 Å². The third-order valence-electron chi connectivity index (χ3n) is 1.76. The number of rotatable bonds is 5. The van der Waals surface area contributed by atoms with Crippen LogP contribution in [0.3, 0.4) is 0 Å². The summed E-state index contributed by atoms with van der Waals surface area (Å²) >= 11 is 0. The van der Waals surface area contributed by atoms with Crippen LogP contribution in [0.25, 0.3) is 0 Å². The number of Topliss-reactive ketones (excluding diaryl/α,β-unsaturated/α-hetero) is 1. The minimum absolute atomic E-state index is 0.276. The molecule has 6 nitrogen and oxygen atoms in total. The summed E-state index contributed by atoms with van der Waals surface area (Å²) in [5, 5.41) is 16.9. The van der Waals surface area contributed by atoms with E-state index in [1.54, 1.807) is 0 Å². The van der Waals surface area contributed by atoms with Gasteiger partial charge in [-0.3, -0.25) is 9.59 Å². The summed E-state index contributed by atoms with van der Waals surface area (Å²) in [5.41, 5.74) is 3.64. The summed E-state index contributed by atoms with van der Waals surface area (Å²) in [6.07, 6.45) is -0.589. The lowest BCUT2D eigenvalue weighted by Crippen LogP contribution is -2.39. The first-order valence-electron chi connectivity index (χ1n) is 3.53. The molecule has 0 radical (unpaired) electrons. The van der Waals surface area contributed by atoms with Gasteiger partial charge in [0.05, 0.1) is 5.41 Å². The van der Waals surface area contributed by atoms with Gasteiger partial charge in [0.25, 0.3) is 0 Å². The molecule has 0 spiro atoms. The van der Waals surface area contributed by atoms with Crippen molar-refractivity contribution in [2.75, 3.05) is 6.54 Å². The molecule has 0 rings (SSSR count). The van der Waals surface area contributed by atoms with Crippen molar-refractivity contribution >= 4 is 17.7 Å². The zero-order chi connectivity index (χ0) is 10.6. The number of carbonyl (C=O) groups is 3. The molecule has 0 heterocycles. The largest absolute Gasteiger partial charge is 0.481 e. The van der Waals surface area contributed by atoms with Crippen LogP contribution in [0.1, 0.15) is 13.3 Å². The fraction of sp³-hybridized carbons (Fsp3) is 0.571. The fourth-order valence-electron chi connectivity index (χ4n) is 0.665. The van der Waals surface area contributed by atoms with Crippen molar-refractivity contribution in [3.05, 3.63) is 0 Å². The smallest absolute Gasteiger partial charge is 0.372 e. The maximum absolute atomic E-state index is 10.7. The summed E-state index contributed by atoms with van der Waals surface area (Å²) in [6.45, 7) is 0.956. The van der Waals surface area contributed by atoms with Gasteiger partial charge < -0.3 is 15.9 Å². The first-order chi connectivity index (χ1) is 5.83. The van der Waals surface area contributed by atoms with Crippen LogP contribution >= 0.6 is 0 Å². The molecule has 0 aromatic carbocycles. The van der Waals surface area contributed by atoms with E-state index in [4.69, 9.17) is 15.9 Å². The van der Waals surface area contributed by atoms with Crippen LogP contribution < -0.4 is 5.73 Å². The van der Waals surface area contributed by atoms with Crippen LogP contribution in [0.5, 0.6) is 0 Å². The van der Waals surface area contributed by atoms with E-state index < -0.39 is 29.6 Å². The van der Waals surface area contributed by atoms with Crippen LogP contribution in [0.4, 0.5) is 0 Å². The minimum atomic E-state index is -1.64. The number of ketones is 1. The second-order valence-electron chi connectivity index (χ2n) is 2.98. The van der Waals surface area contributed by atoms with E-state index in [9.17, 15) is 14.4 Å². The van der Waals surface area contributed by atoms with Crippen molar-refractivity contribution < 1.29 is 24.6 Å². The molecule has 1 unspecified atom stereocenters. The number of carboxylic acids is 2. The third kappa shape index (κ3) is 2.83. The molecule has 4 N–H and O–H groups in total. The van der Waals surface area contributed by atoms with Gasteiger partial charge in [-0.05, 0) is 6.92 Å². The van der Waals surface area contributed by atoms with E-state index in [1.807, 2.05) is 0 Å². The molecular formula is C7H11NO5. The molecule has 13 heavy (non-hydrogen) atoms. The van der Waals surface area contributed by atoms with Crippen LogP contribution in [-0.2, 0) is 14.4 Å². The van der Waals surface area contributed by atoms with Crippen LogP contribution in [0, 0.1) is 5.41 Å². The Morgan fingerprint density at radius 2 is 1.77 bits per heavy atom. The zero-order valence-corrected chi connectivity index (χ0v) is 7.11. The normalized spacial score (nSPS) is 14.6. The molecule has 0 aliphatic carbocycles. The SMILES string of the molecule is CC(CN)(CC(=O)C(=O)O)C(=O)O. The number of nitrogens with two attached hydrogens (primary N) is 1. The maximum atomic E-state index is 10.7. The highest BCUT2D eigenvalue weighted by Gasteiger charge is 2.36. The van der Waals surface area contributed by atoms with Gasteiger partial charge in [-0.1, -0.05) is 0 Å². The average molecular weight is 189 g/mol. The topological polar surface area (TPSA) is 118 Å². The van der Waals surface area contributed by atoms with Crippen LogP contribution in [0.15, 0.2) is 0 Å². The maximum Gasteiger partial charge on any atom is 0.372 e. The van der Waals surface area contributed by atoms with E-state index in [0.29, 0.717) is 0 Å². The number of carboxylic acid groups (broad SMARTS) is 2. The van der Waals surface area contributed by atoms with Crippen LogP contribution in [0.2, 0.25) is 0 Å². The predicted octanol–water partition coefficient (Wildman–Crippen LogP) is -0.920. The molecular weight excluding hydrogens is 178 g/mol. The van der Waals surface area contributed by atoms with Crippen molar-refractivity contribution in [1.82, 2.24) is 0 Å². The number of aliphatic carboxylic acids is 2. The van der Waals surface area contributed by atoms with E-state index in [0.717, 1.165) is 0 Å². The number of carbonyl (C=O) groups excluding carboxylic acids is 1. The van der Waals surface area contributed by atoms with Crippen LogP contribution in [-0.4, -0.2) is 34.5 Å². The molecule has 6 heteroatoms. The lowest BCUT2D eigenvalue weighted by molar-refractivity contribution is -0.154. The van der Waals surface area contributed by atoms with Gasteiger partial charge in [-0.2, -0.15) is 0 Å². The Labute approximate surface area is 74.3 Å². The number of hydrogen-bond acceptors (Lipinski definition) is 4. The first kappa shape index (κ1) is 11.6. The van der Waals surface area contributed by atoms with Gasteiger partial charge >= 0.3 is 11.9 Å². The monoisotopic (exact) mass is 189 g/mol. The standard InChI is InChI=1S/C7H11NO5/c1-7(3-8,6(12)13)2-4(9)5(10)11/h2-3,8H2,1H3,(H,10,11)(H,12,13). The highest BCUT2D eigenvalue weighted by molar-refractivity contribution is 6.33. The summed E-state index contributed by atoms with van der Waals surface area (Å²) in [6, 6.07) is 0. The molecule has 0 saturated carbocycles. The molecule has 0 aromatic rings. The van der Waals surface area contributed by atoms with Gasteiger partial charge in [0.2, 0.25) is 5.78 Å². The van der Waals surface area contributed by atoms with Gasteiger partial charge in [0.1, 0.15) is 0 Å². The Balaban J connectivity index is 4.55. The van der Waals surface area contributed by atoms with Crippen molar-refractivity contribution in [2.24, 2.45) is 11.1 Å². The molecule has 74 valence electrons. The van der Waals surface area contributed by atoms with Gasteiger partial charge in [-0.25, -0.2) is 4.79 Å². The minimum Gasteiger partial charge on any atom is -0.481 e.